The zero-order valence-corrected chi connectivity index (χ0v) is 12.0. The lowest BCUT2D eigenvalue weighted by Gasteiger charge is -2.31. The second-order valence-electron chi connectivity index (χ2n) is 6.11. The van der Waals surface area contributed by atoms with Crippen molar-refractivity contribution in [1.29, 1.82) is 0 Å². The van der Waals surface area contributed by atoms with E-state index in [4.69, 9.17) is 4.74 Å². The summed E-state index contributed by atoms with van der Waals surface area (Å²) in [7, 11) is 0. The molecule has 2 aliphatic carbocycles. The number of aryl methyl sites for hydroxylation is 1. The van der Waals surface area contributed by atoms with Crippen LogP contribution in [-0.2, 0) is 10.3 Å². The highest BCUT2D eigenvalue weighted by Gasteiger charge is 2.38. The Morgan fingerprint density at radius 2 is 2.00 bits per heavy atom. The van der Waals surface area contributed by atoms with Crippen LogP contribution in [0.25, 0.3) is 0 Å². The lowest BCUT2D eigenvalue weighted by Crippen LogP contribution is -2.27. The molecule has 0 atom stereocenters. The molecule has 0 amide bonds. The van der Waals surface area contributed by atoms with Crippen LogP contribution in [0.3, 0.4) is 0 Å². The molecule has 3 heteroatoms. The monoisotopic (exact) mass is 271 g/mol. The quantitative estimate of drug-likeness (QED) is 0.612. The lowest BCUT2D eigenvalue weighted by atomic mass is 9.87. The highest BCUT2D eigenvalue weighted by Crippen LogP contribution is 2.46. The van der Waals surface area contributed by atoms with Crippen molar-refractivity contribution >= 4 is 6.08 Å². The number of hydrogen-bond acceptors (Lipinski definition) is 3. The molecule has 0 radical (unpaired) electrons. The Morgan fingerprint density at radius 1 is 1.25 bits per heavy atom. The van der Waals surface area contributed by atoms with Gasteiger partial charge in [0.15, 0.2) is 0 Å². The predicted molar refractivity (Wildman–Crippen MR) is 77.7 cm³/mol. The Morgan fingerprint density at radius 3 is 2.60 bits per heavy atom. The second kappa shape index (κ2) is 5.41. The van der Waals surface area contributed by atoms with Gasteiger partial charge in [-0.1, -0.05) is 24.5 Å². The number of nitrogens with zero attached hydrogens (tertiary/aromatic N) is 1. The van der Waals surface area contributed by atoms with E-state index in [0.29, 0.717) is 6.10 Å². The molecule has 20 heavy (non-hydrogen) atoms. The molecule has 0 unspecified atom stereocenters. The number of hydrogen-bond donors (Lipinski definition) is 0. The minimum Gasteiger partial charge on any atom is -0.490 e. The zero-order valence-electron chi connectivity index (χ0n) is 12.0. The Balaban J connectivity index is 2.00. The minimum atomic E-state index is -0.396. The summed E-state index contributed by atoms with van der Waals surface area (Å²) < 4.78 is 6.13. The van der Waals surface area contributed by atoms with Gasteiger partial charge in [-0.2, -0.15) is 4.99 Å². The molecule has 2 saturated carbocycles. The Labute approximate surface area is 120 Å². The van der Waals surface area contributed by atoms with Gasteiger partial charge in [-0.15, -0.1) is 0 Å². The molecule has 3 nitrogen and oxygen atoms in total. The third-order valence-electron chi connectivity index (χ3n) is 4.67. The topological polar surface area (TPSA) is 38.7 Å². The largest absolute Gasteiger partial charge is 0.490 e. The molecule has 0 aromatic heterocycles. The molecular weight excluding hydrogens is 250 g/mol. The maximum Gasteiger partial charge on any atom is 0.235 e. The van der Waals surface area contributed by atoms with Crippen LogP contribution < -0.4 is 4.74 Å². The molecule has 1 aromatic carbocycles. The van der Waals surface area contributed by atoms with E-state index in [2.05, 4.69) is 24.0 Å². The molecule has 106 valence electrons. The van der Waals surface area contributed by atoms with Gasteiger partial charge in [0.2, 0.25) is 6.08 Å². The Hall–Kier alpha value is -1.60. The van der Waals surface area contributed by atoms with Crippen molar-refractivity contribution in [3.8, 4) is 5.75 Å². The highest BCUT2D eigenvalue weighted by atomic mass is 16.5. The first kappa shape index (κ1) is 13.4. The summed E-state index contributed by atoms with van der Waals surface area (Å²) in [6, 6.07) is 6.26. The van der Waals surface area contributed by atoms with Crippen LogP contribution in [0.5, 0.6) is 5.75 Å². The van der Waals surface area contributed by atoms with E-state index in [1.165, 1.54) is 12.0 Å². The van der Waals surface area contributed by atoms with Gasteiger partial charge >= 0.3 is 0 Å². The number of ether oxygens (including phenoxy) is 1. The standard InChI is InChI=1S/C17H21NO2/c1-13-7-8-16(20-14-5-4-6-14)15(11-13)17(18-12-19)9-2-3-10-17/h7-8,11,14H,2-6,9-10H2,1H3. The second-order valence-corrected chi connectivity index (χ2v) is 6.11. The van der Waals surface area contributed by atoms with Gasteiger partial charge in [-0.25, -0.2) is 4.79 Å². The number of isocyanates is 1. The average molecular weight is 271 g/mol. The molecule has 0 N–H and O–H groups in total. The first-order chi connectivity index (χ1) is 9.73. The third-order valence-corrected chi connectivity index (χ3v) is 4.67. The van der Waals surface area contributed by atoms with Crippen LogP contribution in [0.4, 0.5) is 0 Å². The number of carbonyl (C=O) groups excluding carboxylic acids is 1. The van der Waals surface area contributed by atoms with E-state index >= 15 is 0 Å². The fraction of sp³-hybridized carbons (Fsp3) is 0.588. The maximum absolute atomic E-state index is 10.9. The molecule has 0 bridgehead atoms. The molecule has 1 aromatic rings. The fourth-order valence-electron chi connectivity index (χ4n) is 3.27. The normalized spacial score (nSPS) is 21.1. The maximum atomic E-state index is 10.9. The van der Waals surface area contributed by atoms with Gasteiger partial charge in [-0.05, 0) is 51.2 Å². The molecule has 0 heterocycles. The van der Waals surface area contributed by atoms with Gasteiger partial charge < -0.3 is 4.74 Å². The molecule has 2 fully saturated rings. The summed E-state index contributed by atoms with van der Waals surface area (Å²) in [5, 5.41) is 0. The van der Waals surface area contributed by atoms with E-state index in [-0.39, 0.29) is 0 Å². The SMILES string of the molecule is Cc1ccc(OC2CCC2)c(C2(N=C=O)CCCC2)c1. The van der Waals surface area contributed by atoms with Gasteiger partial charge in [0.25, 0.3) is 0 Å². The molecule has 0 aliphatic heterocycles. The van der Waals surface area contributed by atoms with Crippen molar-refractivity contribution in [1.82, 2.24) is 0 Å². The molecule has 2 aliphatic rings. The van der Waals surface area contributed by atoms with Crippen molar-refractivity contribution in [3.63, 3.8) is 0 Å². The molecule has 0 spiro atoms. The first-order valence-electron chi connectivity index (χ1n) is 7.60. The smallest absolute Gasteiger partial charge is 0.235 e. The van der Waals surface area contributed by atoms with Gasteiger partial charge in [0.1, 0.15) is 11.3 Å². The van der Waals surface area contributed by atoms with Gasteiger partial charge in [-0.3, -0.25) is 0 Å². The van der Waals surface area contributed by atoms with Crippen LogP contribution in [0.15, 0.2) is 23.2 Å². The lowest BCUT2D eigenvalue weighted by molar-refractivity contribution is 0.117. The van der Waals surface area contributed by atoms with Crippen molar-refractivity contribution < 1.29 is 9.53 Å². The number of rotatable bonds is 4. The summed E-state index contributed by atoms with van der Waals surface area (Å²) >= 11 is 0. The van der Waals surface area contributed by atoms with E-state index < -0.39 is 5.54 Å². The predicted octanol–water partition coefficient (Wildman–Crippen LogP) is 4.03. The van der Waals surface area contributed by atoms with E-state index in [1.807, 2.05) is 6.07 Å². The Kier molecular flexibility index (Phi) is 3.62. The summed E-state index contributed by atoms with van der Waals surface area (Å²) in [6.07, 6.45) is 9.74. The van der Waals surface area contributed by atoms with Crippen LogP contribution >= 0.6 is 0 Å². The summed E-state index contributed by atoms with van der Waals surface area (Å²) in [4.78, 5) is 15.1. The molecule has 0 saturated heterocycles. The van der Waals surface area contributed by atoms with E-state index in [0.717, 1.165) is 49.8 Å². The van der Waals surface area contributed by atoms with E-state index in [1.54, 1.807) is 6.08 Å². The zero-order chi connectivity index (χ0) is 14.0. The van der Waals surface area contributed by atoms with Crippen LogP contribution in [0.2, 0.25) is 0 Å². The van der Waals surface area contributed by atoms with Crippen molar-refractivity contribution in [2.75, 3.05) is 0 Å². The highest BCUT2D eigenvalue weighted by molar-refractivity contribution is 5.46. The first-order valence-corrected chi connectivity index (χ1v) is 7.60. The number of aliphatic imine (C=N–C) groups is 1. The summed E-state index contributed by atoms with van der Waals surface area (Å²) in [5.74, 6) is 0.918. The summed E-state index contributed by atoms with van der Waals surface area (Å²) in [6.45, 7) is 2.07. The van der Waals surface area contributed by atoms with Gasteiger partial charge in [0, 0.05) is 5.56 Å². The third kappa shape index (κ3) is 2.38. The van der Waals surface area contributed by atoms with E-state index in [9.17, 15) is 4.79 Å². The minimum absolute atomic E-state index is 0.343. The van der Waals surface area contributed by atoms with Crippen molar-refractivity contribution in [2.45, 2.75) is 63.5 Å². The van der Waals surface area contributed by atoms with Crippen molar-refractivity contribution in [2.24, 2.45) is 4.99 Å². The van der Waals surface area contributed by atoms with Crippen LogP contribution in [-0.4, -0.2) is 12.2 Å². The van der Waals surface area contributed by atoms with Gasteiger partial charge in [0.05, 0.1) is 6.10 Å². The molecule has 3 rings (SSSR count). The van der Waals surface area contributed by atoms with Crippen LogP contribution in [0.1, 0.15) is 56.1 Å². The average Bonchev–Trinajstić information content (AvgIpc) is 2.85. The molecular formula is C17H21NO2. The number of benzene rings is 1. The summed E-state index contributed by atoms with van der Waals surface area (Å²) in [5.41, 5.74) is 1.88. The Bertz CT molecular complexity index is 536. The van der Waals surface area contributed by atoms with Crippen LogP contribution in [0, 0.1) is 6.92 Å². The fourth-order valence-corrected chi connectivity index (χ4v) is 3.27. The van der Waals surface area contributed by atoms with Crippen molar-refractivity contribution in [3.05, 3.63) is 29.3 Å².